The van der Waals surface area contributed by atoms with Crippen LogP contribution in [-0.2, 0) is 21.7 Å². The van der Waals surface area contributed by atoms with E-state index in [1.54, 1.807) is 12.1 Å². The van der Waals surface area contributed by atoms with E-state index >= 15 is 0 Å². The van der Waals surface area contributed by atoms with Gasteiger partial charge in [0.1, 0.15) is 0 Å². The second-order valence-electron chi connectivity index (χ2n) is 6.90. The van der Waals surface area contributed by atoms with Crippen molar-refractivity contribution < 1.29 is 18.7 Å². The Kier molecular flexibility index (Phi) is 3.01. The topological polar surface area (TPSA) is 38.8 Å². The molecule has 0 saturated carbocycles. The third kappa shape index (κ3) is 1.87. The van der Waals surface area contributed by atoms with Crippen LogP contribution in [-0.4, -0.2) is 24.0 Å². The lowest BCUT2D eigenvalue weighted by Crippen LogP contribution is -2.40. The number of nitrogens with zero attached hydrogens (tertiary/aromatic N) is 1. The average molecular weight is 339 g/mol. The number of carbonyl (C=O) groups is 1. The van der Waals surface area contributed by atoms with Gasteiger partial charge in [0.25, 0.3) is 0 Å². The molecule has 128 valence electrons. The maximum absolute atomic E-state index is 14.3. The molecule has 0 aromatic heterocycles. The van der Waals surface area contributed by atoms with Crippen LogP contribution in [0.1, 0.15) is 35.6 Å². The highest BCUT2D eigenvalue weighted by Gasteiger charge is 2.61. The summed E-state index contributed by atoms with van der Waals surface area (Å²) in [7, 11) is 1.44. The highest BCUT2D eigenvalue weighted by Crippen LogP contribution is 2.57. The van der Waals surface area contributed by atoms with Gasteiger partial charge in [-0.05, 0) is 23.3 Å². The summed E-state index contributed by atoms with van der Waals surface area (Å²) >= 11 is 0. The maximum Gasteiger partial charge on any atom is 0.225 e. The Hall–Kier alpha value is -2.40. The molecule has 3 aliphatic rings. The van der Waals surface area contributed by atoms with Crippen molar-refractivity contribution in [2.24, 2.45) is 0 Å². The number of hydrogen-bond acceptors (Lipinski definition) is 3. The highest BCUT2D eigenvalue weighted by molar-refractivity contribution is 5.81. The first-order valence-electron chi connectivity index (χ1n) is 8.56. The predicted molar refractivity (Wildman–Crippen MR) is 88.5 cm³/mol. The summed E-state index contributed by atoms with van der Waals surface area (Å²) in [5.41, 5.74) is 2.20. The second kappa shape index (κ2) is 5.05. The Bertz CT molecular complexity index is 883. The van der Waals surface area contributed by atoms with E-state index in [4.69, 9.17) is 9.47 Å². The number of benzene rings is 2. The maximum atomic E-state index is 14.3. The molecule has 2 saturated heterocycles. The Balaban J connectivity index is 1.63. The van der Waals surface area contributed by atoms with Crippen molar-refractivity contribution in [3.8, 4) is 5.75 Å². The number of halogens is 1. The number of methoxy groups -OCH3 is 1. The molecule has 2 fully saturated rings. The number of amides is 1. The van der Waals surface area contributed by atoms with Crippen molar-refractivity contribution in [1.82, 2.24) is 4.90 Å². The lowest BCUT2D eigenvalue weighted by molar-refractivity contribution is -0.141. The molecule has 5 rings (SSSR count). The largest absolute Gasteiger partial charge is 0.494 e. The zero-order chi connectivity index (χ0) is 17.2. The summed E-state index contributed by atoms with van der Waals surface area (Å²) in [6.45, 7) is 0. The predicted octanol–water partition coefficient (Wildman–Crippen LogP) is 3.31. The van der Waals surface area contributed by atoms with Gasteiger partial charge in [0.05, 0.1) is 19.3 Å². The number of ether oxygens (including phenoxy) is 2. The molecular formula is C20H18FNO3. The van der Waals surface area contributed by atoms with Crippen molar-refractivity contribution in [3.63, 3.8) is 0 Å². The van der Waals surface area contributed by atoms with Gasteiger partial charge in [-0.15, -0.1) is 0 Å². The number of carbonyl (C=O) groups excluding carboxylic acids is 1. The Morgan fingerprint density at radius 3 is 2.92 bits per heavy atom. The minimum Gasteiger partial charge on any atom is -0.494 e. The fraction of sp³-hybridized carbons (Fsp3) is 0.350. The van der Waals surface area contributed by atoms with Crippen LogP contribution in [0.25, 0.3) is 0 Å². The fourth-order valence-electron chi connectivity index (χ4n) is 4.67. The van der Waals surface area contributed by atoms with E-state index in [0.29, 0.717) is 18.4 Å². The van der Waals surface area contributed by atoms with Crippen LogP contribution in [0.3, 0.4) is 0 Å². The smallest absolute Gasteiger partial charge is 0.225 e. The summed E-state index contributed by atoms with van der Waals surface area (Å²) < 4.78 is 25.8. The van der Waals surface area contributed by atoms with E-state index in [2.05, 4.69) is 12.1 Å². The summed E-state index contributed by atoms with van der Waals surface area (Å²) in [6.07, 6.45) is 1.67. The summed E-state index contributed by atoms with van der Waals surface area (Å²) in [4.78, 5) is 14.6. The number of hydrogen-bond donors (Lipinski definition) is 0. The first kappa shape index (κ1) is 14.9. The normalized spacial score (nSPS) is 29.5. The van der Waals surface area contributed by atoms with Crippen molar-refractivity contribution in [2.45, 2.75) is 37.1 Å². The molecular weight excluding hydrogens is 321 g/mol. The van der Waals surface area contributed by atoms with Crippen LogP contribution in [0, 0.1) is 5.82 Å². The molecule has 3 atom stereocenters. The van der Waals surface area contributed by atoms with Gasteiger partial charge in [0, 0.05) is 24.8 Å². The van der Waals surface area contributed by atoms with Gasteiger partial charge in [0.2, 0.25) is 5.91 Å². The second-order valence-corrected chi connectivity index (χ2v) is 6.90. The zero-order valence-electron chi connectivity index (χ0n) is 13.9. The molecule has 0 radical (unpaired) electrons. The van der Waals surface area contributed by atoms with Crippen LogP contribution < -0.4 is 4.74 Å². The molecule has 2 aliphatic heterocycles. The van der Waals surface area contributed by atoms with E-state index in [9.17, 15) is 9.18 Å². The minimum atomic E-state index is -0.868. The van der Waals surface area contributed by atoms with E-state index in [-0.39, 0.29) is 23.8 Å². The van der Waals surface area contributed by atoms with Gasteiger partial charge < -0.3 is 14.4 Å². The molecule has 0 N–H and O–H groups in total. The van der Waals surface area contributed by atoms with Crippen LogP contribution in [0.5, 0.6) is 5.75 Å². The summed E-state index contributed by atoms with van der Waals surface area (Å²) in [5.74, 6) is -0.172. The fourth-order valence-corrected chi connectivity index (χ4v) is 4.67. The molecule has 0 spiro atoms. The molecule has 2 heterocycles. The minimum absolute atomic E-state index is 0.0698. The molecule has 0 unspecified atom stereocenters. The van der Waals surface area contributed by atoms with E-state index in [1.807, 2.05) is 17.0 Å². The molecule has 0 bridgehead atoms. The van der Waals surface area contributed by atoms with Crippen LogP contribution in [0.2, 0.25) is 0 Å². The molecule has 25 heavy (non-hydrogen) atoms. The van der Waals surface area contributed by atoms with Gasteiger partial charge in [-0.2, -0.15) is 0 Å². The first-order chi connectivity index (χ1) is 12.1. The quantitative estimate of drug-likeness (QED) is 0.843. The molecule has 1 amide bonds. The molecule has 4 nitrogen and oxygen atoms in total. The summed E-state index contributed by atoms with van der Waals surface area (Å²) in [6, 6.07) is 12.9. The highest BCUT2D eigenvalue weighted by atomic mass is 19.1. The van der Waals surface area contributed by atoms with Crippen LogP contribution in [0.15, 0.2) is 42.5 Å². The van der Waals surface area contributed by atoms with Crippen molar-refractivity contribution in [2.75, 3.05) is 7.11 Å². The zero-order valence-corrected chi connectivity index (χ0v) is 13.9. The molecule has 5 heteroatoms. The average Bonchev–Trinajstić information content (AvgIpc) is 3.22. The van der Waals surface area contributed by atoms with Crippen molar-refractivity contribution in [1.29, 1.82) is 0 Å². The molecule has 1 aliphatic carbocycles. The first-order valence-corrected chi connectivity index (χ1v) is 8.56. The van der Waals surface area contributed by atoms with E-state index in [1.165, 1.54) is 18.7 Å². The standard InChI is InChI=1S/C20H18FNO3/c1-24-16-7-6-13(11-15(16)21)20-9-8-18(23)22(20)19-14-5-3-2-4-12(14)10-17(19)25-20/h2-7,11,17,19H,8-10H2,1H3/t17-,19-,20-/m0/s1. The number of rotatable bonds is 2. The third-order valence-electron chi connectivity index (χ3n) is 5.71. The van der Waals surface area contributed by atoms with Gasteiger partial charge in [0.15, 0.2) is 17.3 Å². The van der Waals surface area contributed by atoms with E-state index < -0.39 is 11.5 Å². The van der Waals surface area contributed by atoms with Gasteiger partial charge >= 0.3 is 0 Å². The van der Waals surface area contributed by atoms with Gasteiger partial charge in [-0.1, -0.05) is 30.3 Å². The SMILES string of the molecule is COc1ccc([C@@]23CCC(=O)N2[C@H]2c4ccccc4C[C@@H]2O3)cc1F. The lowest BCUT2D eigenvalue weighted by Gasteiger charge is -2.34. The Morgan fingerprint density at radius 1 is 1.28 bits per heavy atom. The van der Waals surface area contributed by atoms with Crippen LogP contribution >= 0.6 is 0 Å². The number of fused-ring (bicyclic) bond motifs is 5. The Labute approximate surface area is 145 Å². The monoisotopic (exact) mass is 339 g/mol. The lowest BCUT2D eigenvalue weighted by atomic mass is 9.98. The third-order valence-corrected chi connectivity index (χ3v) is 5.71. The Morgan fingerprint density at radius 2 is 2.12 bits per heavy atom. The van der Waals surface area contributed by atoms with Crippen molar-refractivity contribution >= 4 is 5.91 Å². The summed E-state index contributed by atoms with van der Waals surface area (Å²) in [5, 5.41) is 0. The van der Waals surface area contributed by atoms with Crippen LogP contribution in [0.4, 0.5) is 4.39 Å². The van der Waals surface area contributed by atoms with Gasteiger partial charge in [-0.25, -0.2) is 4.39 Å². The van der Waals surface area contributed by atoms with Gasteiger partial charge in [-0.3, -0.25) is 4.79 Å². The van der Waals surface area contributed by atoms with E-state index in [0.717, 1.165) is 12.0 Å². The molecule has 2 aromatic rings. The molecule has 2 aromatic carbocycles. The van der Waals surface area contributed by atoms with Crippen molar-refractivity contribution in [3.05, 3.63) is 65.0 Å².